The molecule has 90 valence electrons. The van der Waals surface area contributed by atoms with Crippen LogP contribution in [-0.2, 0) is 9.59 Å². The van der Waals surface area contributed by atoms with Gasteiger partial charge in [0.15, 0.2) is 0 Å². The monoisotopic (exact) mass is 247 g/mol. The lowest BCUT2D eigenvalue weighted by Crippen LogP contribution is -2.49. The van der Waals surface area contributed by atoms with Crippen molar-refractivity contribution in [1.29, 1.82) is 0 Å². The molecule has 1 atom stereocenters. The van der Waals surface area contributed by atoms with E-state index in [2.05, 4.69) is 5.32 Å². The Bertz CT molecular complexity index is 308. The van der Waals surface area contributed by atoms with Gasteiger partial charge < -0.3 is 10.6 Å². The number of amides is 4. The van der Waals surface area contributed by atoms with Gasteiger partial charge in [0.25, 0.3) is 0 Å². The predicted octanol–water partition coefficient (Wildman–Crippen LogP) is -0.341. The van der Waals surface area contributed by atoms with Crippen LogP contribution in [0.3, 0.4) is 0 Å². The van der Waals surface area contributed by atoms with E-state index in [0.29, 0.717) is 19.4 Å². The third-order valence-electron chi connectivity index (χ3n) is 2.48. The van der Waals surface area contributed by atoms with Crippen LogP contribution in [0.25, 0.3) is 0 Å². The van der Waals surface area contributed by atoms with Gasteiger partial charge in [0.1, 0.15) is 5.88 Å². The van der Waals surface area contributed by atoms with Gasteiger partial charge >= 0.3 is 6.03 Å². The molecule has 0 saturated carbocycles. The zero-order valence-corrected chi connectivity index (χ0v) is 9.50. The summed E-state index contributed by atoms with van der Waals surface area (Å²) in [6.07, 6.45) is 1.39. The number of piperidine rings is 1. The molecule has 0 radical (unpaired) electrons. The molecule has 0 aromatic heterocycles. The molecule has 3 N–H and O–H groups in total. The van der Waals surface area contributed by atoms with Gasteiger partial charge in [-0.05, 0) is 12.8 Å². The maximum Gasteiger partial charge on any atom is 0.324 e. The number of imide groups is 1. The first-order chi connectivity index (χ1) is 7.54. The van der Waals surface area contributed by atoms with Gasteiger partial charge in [0, 0.05) is 13.1 Å². The Balaban J connectivity index is 2.50. The molecule has 1 fully saturated rings. The maximum atomic E-state index is 11.5. The topological polar surface area (TPSA) is 92.5 Å². The van der Waals surface area contributed by atoms with E-state index in [0.717, 1.165) is 0 Å². The number of rotatable bonds is 2. The van der Waals surface area contributed by atoms with Crippen LogP contribution in [0.4, 0.5) is 4.79 Å². The summed E-state index contributed by atoms with van der Waals surface area (Å²) in [5, 5.41) is 2.12. The van der Waals surface area contributed by atoms with E-state index in [9.17, 15) is 14.4 Å². The normalized spacial score (nSPS) is 20.3. The maximum absolute atomic E-state index is 11.5. The Morgan fingerprint density at radius 3 is 2.69 bits per heavy atom. The van der Waals surface area contributed by atoms with Crippen LogP contribution < -0.4 is 11.1 Å². The van der Waals surface area contributed by atoms with Crippen molar-refractivity contribution in [3.8, 4) is 0 Å². The number of carbonyl (C=O) groups excluding carboxylic acids is 3. The van der Waals surface area contributed by atoms with Gasteiger partial charge in [-0.15, -0.1) is 11.6 Å². The smallest absolute Gasteiger partial charge is 0.324 e. The van der Waals surface area contributed by atoms with E-state index in [1.54, 1.807) is 0 Å². The molecule has 4 amide bonds. The number of hydrogen-bond donors (Lipinski definition) is 2. The second-order valence-electron chi connectivity index (χ2n) is 3.67. The van der Waals surface area contributed by atoms with Crippen LogP contribution in [0, 0.1) is 5.92 Å². The average molecular weight is 248 g/mol. The van der Waals surface area contributed by atoms with Gasteiger partial charge in [-0.25, -0.2) is 4.79 Å². The van der Waals surface area contributed by atoms with Crippen LogP contribution in [0.2, 0.25) is 0 Å². The van der Waals surface area contributed by atoms with E-state index in [-0.39, 0.29) is 18.3 Å². The van der Waals surface area contributed by atoms with Crippen LogP contribution in [0.15, 0.2) is 0 Å². The summed E-state index contributed by atoms with van der Waals surface area (Å²) < 4.78 is 0. The van der Waals surface area contributed by atoms with Crippen LogP contribution in [0.5, 0.6) is 0 Å². The Hall–Kier alpha value is -1.30. The summed E-state index contributed by atoms with van der Waals surface area (Å²) in [5.74, 6) is -1.56. The molecule has 0 aromatic rings. The van der Waals surface area contributed by atoms with E-state index in [4.69, 9.17) is 17.3 Å². The van der Waals surface area contributed by atoms with Gasteiger partial charge in [0.05, 0.1) is 5.92 Å². The second kappa shape index (κ2) is 5.69. The minimum atomic E-state index is -0.548. The highest BCUT2D eigenvalue weighted by atomic mass is 35.5. The quantitative estimate of drug-likeness (QED) is 0.654. The Kier molecular flexibility index (Phi) is 4.54. The van der Waals surface area contributed by atoms with Gasteiger partial charge in [-0.2, -0.15) is 0 Å². The van der Waals surface area contributed by atoms with Gasteiger partial charge in [0.2, 0.25) is 11.8 Å². The molecule has 1 heterocycles. The second-order valence-corrected chi connectivity index (χ2v) is 3.94. The molecular formula is C9H14ClN3O3. The molecule has 16 heavy (non-hydrogen) atoms. The zero-order chi connectivity index (χ0) is 12.1. The first-order valence-corrected chi connectivity index (χ1v) is 5.52. The summed E-state index contributed by atoms with van der Waals surface area (Å²) in [5.41, 5.74) is 5.17. The summed E-state index contributed by atoms with van der Waals surface area (Å²) in [4.78, 5) is 34.8. The molecule has 1 aliphatic rings. The molecule has 1 unspecified atom stereocenters. The standard InChI is InChI=1S/C9H14ClN3O3/c10-4-7(14)12-9(16)13-3-1-2-6(5-13)8(11)15/h6H,1-5H2,(H2,11,15)(H,12,14,16). The van der Waals surface area contributed by atoms with Crippen molar-refractivity contribution in [3.63, 3.8) is 0 Å². The van der Waals surface area contributed by atoms with Crippen molar-refractivity contribution in [2.24, 2.45) is 11.7 Å². The Labute approximate surface area is 98.1 Å². The summed E-state index contributed by atoms with van der Waals surface area (Å²) >= 11 is 5.26. The number of alkyl halides is 1. The average Bonchev–Trinajstić information content (AvgIpc) is 2.28. The van der Waals surface area contributed by atoms with Crippen molar-refractivity contribution in [1.82, 2.24) is 10.2 Å². The van der Waals surface area contributed by atoms with Crippen molar-refractivity contribution in [2.75, 3.05) is 19.0 Å². The highest BCUT2D eigenvalue weighted by molar-refractivity contribution is 6.28. The Morgan fingerprint density at radius 1 is 1.44 bits per heavy atom. The molecule has 0 aliphatic carbocycles. The van der Waals surface area contributed by atoms with Crippen molar-refractivity contribution >= 4 is 29.4 Å². The fourth-order valence-electron chi connectivity index (χ4n) is 1.63. The largest absolute Gasteiger partial charge is 0.369 e. The highest BCUT2D eigenvalue weighted by Crippen LogP contribution is 2.15. The van der Waals surface area contributed by atoms with Crippen LogP contribution >= 0.6 is 11.6 Å². The number of halogens is 1. The van der Waals surface area contributed by atoms with E-state index < -0.39 is 17.8 Å². The fourth-order valence-corrected chi connectivity index (χ4v) is 1.69. The highest BCUT2D eigenvalue weighted by Gasteiger charge is 2.27. The lowest BCUT2D eigenvalue weighted by Gasteiger charge is -2.30. The Morgan fingerprint density at radius 2 is 2.12 bits per heavy atom. The number of urea groups is 1. The van der Waals surface area contributed by atoms with Crippen LogP contribution in [-0.4, -0.2) is 41.7 Å². The first-order valence-electron chi connectivity index (χ1n) is 4.98. The molecule has 0 spiro atoms. The molecule has 0 bridgehead atoms. The lowest BCUT2D eigenvalue weighted by molar-refractivity contribution is -0.123. The summed E-state index contributed by atoms with van der Waals surface area (Å²) in [6.45, 7) is 0.780. The number of hydrogen-bond acceptors (Lipinski definition) is 3. The molecule has 1 saturated heterocycles. The third-order valence-corrected chi connectivity index (χ3v) is 2.72. The number of carbonyl (C=O) groups is 3. The van der Waals surface area contributed by atoms with Gasteiger partial charge in [-0.3, -0.25) is 14.9 Å². The number of likely N-dealkylation sites (tertiary alicyclic amines) is 1. The molecular weight excluding hydrogens is 234 g/mol. The molecule has 1 rings (SSSR count). The number of nitrogens with two attached hydrogens (primary N) is 1. The van der Waals surface area contributed by atoms with Crippen molar-refractivity contribution in [3.05, 3.63) is 0 Å². The first kappa shape index (κ1) is 12.8. The molecule has 6 nitrogen and oxygen atoms in total. The fraction of sp³-hybridized carbons (Fsp3) is 0.667. The number of primary amides is 1. The summed E-state index contributed by atoms with van der Waals surface area (Å²) in [6, 6.07) is -0.517. The van der Waals surface area contributed by atoms with Crippen molar-refractivity contribution in [2.45, 2.75) is 12.8 Å². The minimum Gasteiger partial charge on any atom is -0.369 e. The minimum absolute atomic E-state index is 0.261. The summed E-state index contributed by atoms with van der Waals surface area (Å²) in [7, 11) is 0. The zero-order valence-electron chi connectivity index (χ0n) is 8.74. The van der Waals surface area contributed by atoms with E-state index >= 15 is 0 Å². The number of nitrogens with zero attached hydrogens (tertiary/aromatic N) is 1. The van der Waals surface area contributed by atoms with Crippen molar-refractivity contribution < 1.29 is 14.4 Å². The molecule has 0 aromatic carbocycles. The molecule has 7 heteroatoms. The van der Waals surface area contributed by atoms with Crippen LogP contribution in [0.1, 0.15) is 12.8 Å². The number of nitrogens with one attached hydrogen (secondary N) is 1. The van der Waals surface area contributed by atoms with Gasteiger partial charge in [-0.1, -0.05) is 0 Å². The molecule has 1 aliphatic heterocycles. The van der Waals surface area contributed by atoms with E-state index in [1.807, 2.05) is 0 Å². The lowest BCUT2D eigenvalue weighted by atomic mass is 9.98. The predicted molar refractivity (Wildman–Crippen MR) is 57.8 cm³/mol. The SMILES string of the molecule is NC(=O)C1CCCN(C(=O)NC(=O)CCl)C1. The van der Waals surface area contributed by atoms with E-state index in [1.165, 1.54) is 4.90 Å². The third kappa shape index (κ3) is 3.37.